The molecule has 0 aromatic heterocycles. The molecule has 1 aromatic carbocycles. The molecule has 1 amide bonds. The Kier molecular flexibility index (Phi) is 5.58. The van der Waals surface area contributed by atoms with Gasteiger partial charge in [-0.05, 0) is 17.9 Å². The molecule has 1 fully saturated rings. The summed E-state index contributed by atoms with van der Waals surface area (Å²) in [7, 11) is 0. The minimum Gasteiger partial charge on any atom is -0.380 e. The summed E-state index contributed by atoms with van der Waals surface area (Å²) >= 11 is 0. The number of piperidine rings is 1. The number of carbonyl (C=O) groups excluding carboxylic acids is 1. The summed E-state index contributed by atoms with van der Waals surface area (Å²) in [6.07, 6.45) is -5.00. The number of hydrogen-bond donors (Lipinski definition) is 1. The third kappa shape index (κ3) is 4.09. The van der Waals surface area contributed by atoms with Crippen molar-refractivity contribution in [3.8, 4) is 0 Å². The van der Waals surface area contributed by atoms with Gasteiger partial charge in [0, 0.05) is 31.8 Å². The van der Waals surface area contributed by atoms with Gasteiger partial charge in [0.05, 0.1) is 0 Å². The van der Waals surface area contributed by atoms with Crippen LogP contribution in [0.1, 0.15) is 32.3 Å². The first-order valence-corrected chi connectivity index (χ1v) is 8.26. The molecule has 0 spiro atoms. The maximum atomic E-state index is 12.9. The standard InChI is InChI=1S/C18H24F3NO2/c1-13(2)15(12-14-6-4-3-5-7-14)16(23)22-10-8-17(24,9-11-22)18(19,20)21/h3-7,13,15,24H,8-12H2,1-2H3. The minimum atomic E-state index is -4.65. The number of alkyl halides is 3. The summed E-state index contributed by atoms with van der Waals surface area (Å²) < 4.78 is 38.6. The molecule has 1 aliphatic heterocycles. The van der Waals surface area contributed by atoms with E-state index in [2.05, 4.69) is 0 Å². The molecule has 1 saturated heterocycles. The highest BCUT2D eigenvalue weighted by Gasteiger charge is 2.55. The van der Waals surface area contributed by atoms with Crippen molar-refractivity contribution < 1.29 is 23.1 Å². The van der Waals surface area contributed by atoms with E-state index in [0.717, 1.165) is 5.56 Å². The summed E-state index contributed by atoms with van der Waals surface area (Å²) in [5, 5.41) is 9.73. The van der Waals surface area contributed by atoms with Gasteiger partial charge in [0.2, 0.25) is 5.91 Å². The number of benzene rings is 1. The molecule has 1 N–H and O–H groups in total. The van der Waals surface area contributed by atoms with Gasteiger partial charge >= 0.3 is 6.18 Å². The highest BCUT2D eigenvalue weighted by Crippen LogP contribution is 2.38. The molecule has 24 heavy (non-hydrogen) atoms. The lowest BCUT2D eigenvalue weighted by Crippen LogP contribution is -2.55. The van der Waals surface area contributed by atoms with Crippen LogP contribution in [-0.4, -0.2) is 40.8 Å². The Bertz CT molecular complexity index is 549. The molecule has 1 aliphatic rings. The van der Waals surface area contributed by atoms with Crippen LogP contribution < -0.4 is 0 Å². The first-order valence-electron chi connectivity index (χ1n) is 8.26. The molecule has 1 unspecified atom stereocenters. The normalized spacial score (nSPS) is 19.4. The molecule has 0 saturated carbocycles. The summed E-state index contributed by atoms with van der Waals surface area (Å²) in [5.41, 5.74) is -1.63. The largest absolute Gasteiger partial charge is 0.417 e. The first kappa shape index (κ1) is 18.8. The van der Waals surface area contributed by atoms with Crippen LogP contribution in [0.3, 0.4) is 0 Å². The summed E-state index contributed by atoms with van der Waals surface area (Å²) in [6.45, 7) is 3.77. The van der Waals surface area contributed by atoms with E-state index in [0.29, 0.717) is 6.42 Å². The van der Waals surface area contributed by atoms with E-state index in [1.807, 2.05) is 44.2 Å². The van der Waals surface area contributed by atoms with Crippen molar-refractivity contribution in [3.63, 3.8) is 0 Å². The van der Waals surface area contributed by atoms with Crippen molar-refractivity contribution in [2.75, 3.05) is 13.1 Å². The third-order valence-electron chi connectivity index (χ3n) is 4.85. The smallest absolute Gasteiger partial charge is 0.380 e. The average molecular weight is 343 g/mol. The second-order valence-electron chi connectivity index (χ2n) is 6.89. The van der Waals surface area contributed by atoms with Crippen LogP contribution >= 0.6 is 0 Å². The van der Waals surface area contributed by atoms with Crippen LogP contribution in [0, 0.1) is 11.8 Å². The molecule has 2 rings (SSSR count). The SMILES string of the molecule is CC(C)C(Cc1ccccc1)C(=O)N1CCC(O)(C(F)(F)F)CC1. The Morgan fingerprint density at radius 3 is 2.21 bits per heavy atom. The Morgan fingerprint density at radius 1 is 1.21 bits per heavy atom. The van der Waals surface area contributed by atoms with Crippen molar-refractivity contribution >= 4 is 5.91 Å². The van der Waals surface area contributed by atoms with E-state index in [4.69, 9.17) is 0 Å². The van der Waals surface area contributed by atoms with Crippen LogP contribution in [0.4, 0.5) is 13.2 Å². The van der Waals surface area contributed by atoms with Crippen molar-refractivity contribution in [3.05, 3.63) is 35.9 Å². The Labute approximate surface area is 140 Å². The predicted molar refractivity (Wildman–Crippen MR) is 85.3 cm³/mol. The number of rotatable bonds is 4. The lowest BCUT2D eigenvalue weighted by atomic mass is 9.85. The number of likely N-dealkylation sites (tertiary alicyclic amines) is 1. The van der Waals surface area contributed by atoms with Crippen molar-refractivity contribution in [1.82, 2.24) is 4.90 Å². The molecule has 3 nitrogen and oxygen atoms in total. The molecule has 1 aromatic rings. The lowest BCUT2D eigenvalue weighted by molar-refractivity contribution is -0.272. The second kappa shape index (κ2) is 7.13. The molecule has 6 heteroatoms. The fourth-order valence-corrected chi connectivity index (χ4v) is 3.09. The molecule has 1 heterocycles. The van der Waals surface area contributed by atoms with Crippen molar-refractivity contribution in [1.29, 1.82) is 0 Å². The zero-order valence-corrected chi connectivity index (χ0v) is 14.0. The molecular weight excluding hydrogens is 319 g/mol. The molecule has 0 bridgehead atoms. The maximum absolute atomic E-state index is 12.9. The monoisotopic (exact) mass is 343 g/mol. The number of hydrogen-bond acceptors (Lipinski definition) is 2. The zero-order chi connectivity index (χ0) is 18.0. The van der Waals surface area contributed by atoms with Crippen LogP contribution in [0.5, 0.6) is 0 Å². The first-order chi connectivity index (χ1) is 11.1. The average Bonchev–Trinajstić information content (AvgIpc) is 2.52. The Morgan fingerprint density at radius 2 is 1.75 bits per heavy atom. The minimum absolute atomic E-state index is 0.0626. The van der Waals surface area contributed by atoms with Gasteiger partial charge in [-0.1, -0.05) is 44.2 Å². The van der Waals surface area contributed by atoms with Gasteiger partial charge in [-0.2, -0.15) is 13.2 Å². The summed E-state index contributed by atoms with van der Waals surface area (Å²) in [5.74, 6) is -0.316. The Balaban J connectivity index is 2.04. The second-order valence-corrected chi connectivity index (χ2v) is 6.89. The van der Waals surface area contributed by atoms with Gasteiger partial charge in [-0.25, -0.2) is 0 Å². The Hall–Kier alpha value is -1.56. The fraction of sp³-hybridized carbons (Fsp3) is 0.611. The van der Waals surface area contributed by atoms with E-state index in [1.165, 1.54) is 4.90 Å². The number of carbonyl (C=O) groups is 1. The van der Waals surface area contributed by atoms with Crippen LogP contribution in [0.25, 0.3) is 0 Å². The highest BCUT2D eigenvalue weighted by molar-refractivity contribution is 5.79. The topological polar surface area (TPSA) is 40.5 Å². The van der Waals surface area contributed by atoms with E-state index in [9.17, 15) is 23.1 Å². The third-order valence-corrected chi connectivity index (χ3v) is 4.85. The summed E-state index contributed by atoms with van der Waals surface area (Å²) in [4.78, 5) is 14.2. The number of nitrogens with zero attached hydrogens (tertiary/aromatic N) is 1. The number of amides is 1. The maximum Gasteiger partial charge on any atom is 0.417 e. The van der Waals surface area contributed by atoms with Crippen molar-refractivity contribution in [2.45, 2.75) is 44.9 Å². The van der Waals surface area contributed by atoms with E-state index >= 15 is 0 Å². The quantitative estimate of drug-likeness (QED) is 0.910. The zero-order valence-electron chi connectivity index (χ0n) is 14.0. The van der Waals surface area contributed by atoms with Crippen LogP contribution in [0.2, 0.25) is 0 Å². The molecular formula is C18H24F3NO2. The molecule has 1 atom stereocenters. The van der Waals surface area contributed by atoms with Gasteiger partial charge < -0.3 is 10.0 Å². The lowest BCUT2D eigenvalue weighted by Gasteiger charge is -2.40. The fourth-order valence-electron chi connectivity index (χ4n) is 3.09. The van der Waals surface area contributed by atoms with Crippen LogP contribution in [-0.2, 0) is 11.2 Å². The molecule has 0 aliphatic carbocycles. The van der Waals surface area contributed by atoms with Gasteiger partial charge in [0.15, 0.2) is 5.60 Å². The van der Waals surface area contributed by atoms with Gasteiger partial charge in [-0.3, -0.25) is 4.79 Å². The van der Waals surface area contributed by atoms with Gasteiger partial charge in [0.25, 0.3) is 0 Å². The number of halogens is 3. The molecule has 134 valence electrons. The van der Waals surface area contributed by atoms with Crippen molar-refractivity contribution in [2.24, 2.45) is 11.8 Å². The highest BCUT2D eigenvalue weighted by atomic mass is 19.4. The predicted octanol–water partition coefficient (Wildman–Crippen LogP) is 3.42. The molecule has 0 radical (unpaired) electrons. The van der Waals surface area contributed by atoms with Gasteiger partial charge in [0.1, 0.15) is 0 Å². The van der Waals surface area contributed by atoms with Gasteiger partial charge in [-0.15, -0.1) is 0 Å². The van der Waals surface area contributed by atoms with E-state index < -0.39 is 24.6 Å². The van der Waals surface area contributed by atoms with Crippen LogP contribution in [0.15, 0.2) is 30.3 Å². The van der Waals surface area contributed by atoms with E-state index in [-0.39, 0.29) is 30.8 Å². The summed E-state index contributed by atoms with van der Waals surface area (Å²) in [6, 6.07) is 9.60. The number of aliphatic hydroxyl groups is 1. The van der Waals surface area contributed by atoms with E-state index in [1.54, 1.807) is 0 Å².